The maximum Gasteiger partial charge on any atom is 0.339 e. The first-order valence-electron chi connectivity index (χ1n) is 6.55. The van der Waals surface area contributed by atoms with Crippen molar-refractivity contribution in [2.24, 2.45) is 0 Å². The number of thiazole rings is 1. The number of fused-ring (bicyclic) bond motifs is 1. The van der Waals surface area contributed by atoms with Gasteiger partial charge in [0.2, 0.25) is 0 Å². The van der Waals surface area contributed by atoms with Crippen LogP contribution in [-0.2, 0) is 16.0 Å². The third-order valence-electron chi connectivity index (χ3n) is 3.39. The van der Waals surface area contributed by atoms with Crippen LogP contribution in [0, 0.1) is 6.92 Å². The lowest BCUT2D eigenvalue weighted by atomic mass is 9.98. The molecule has 21 heavy (non-hydrogen) atoms. The zero-order chi connectivity index (χ0) is 15.0. The van der Waals surface area contributed by atoms with Gasteiger partial charge in [0.15, 0.2) is 11.2 Å². The number of rotatable bonds is 2. The molecule has 0 N–H and O–H groups in total. The number of carbonyl (C=O) groups is 2. The van der Waals surface area contributed by atoms with Crippen LogP contribution in [0.25, 0.3) is 0 Å². The van der Waals surface area contributed by atoms with Crippen molar-refractivity contribution in [1.82, 2.24) is 4.98 Å². The minimum atomic E-state index is -0.790. The smallest absolute Gasteiger partial charge is 0.339 e. The van der Waals surface area contributed by atoms with Crippen LogP contribution in [-0.4, -0.2) is 30.0 Å². The van der Waals surface area contributed by atoms with Gasteiger partial charge in [-0.3, -0.25) is 9.69 Å². The lowest BCUT2D eigenvalue weighted by Gasteiger charge is -2.26. The second kappa shape index (κ2) is 5.29. The number of amides is 1. The Morgan fingerprint density at radius 1 is 1.43 bits per heavy atom. The second-order valence-corrected chi connectivity index (χ2v) is 5.76. The van der Waals surface area contributed by atoms with Crippen LogP contribution in [0.4, 0.5) is 5.13 Å². The van der Waals surface area contributed by atoms with Crippen molar-refractivity contribution in [3.63, 3.8) is 0 Å². The first-order chi connectivity index (χ1) is 10.1. The molecule has 2 heterocycles. The zero-order valence-corrected chi connectivity index (χ0v) is 12.5. The normalized spacial score (nSPS) is 17.0. The molecule has 0 fully saturated rings. The van der Waals surface area contributed by atoms with E-state index in [0.29, 0.717) is 17.1 Å². The van der Waals surface area contributed by atoms with E-state index in [1.807, 2.05) is 24.4 Å². The van der Waals surface area contributed by atoms with Gasteiger partial charge in [-0.1, -0.05) is 18.2 Å². The third kappa shape index (κ3) is 2.54. The highest BCUT2D eigenvalue weighted by Gasteiger charge is 2.33. The molecule has 1 aliphatic heterocycles. The number of ether oxygens (including phenoxy) is 1. The van der Waals surface area contributed by atoms with Gasteiger partial charge in [0.1, 0.15) is 0 Å². The first-order valence-corrected chi connectivity index (χ1v) is 7.43. The molecule has 0 aliphatic carbocycles. The standard InChI is InChI=1S/C15H14N2O3S/c1-9-8-21-15(16-9)17(2)13(18)12-7-10-5-3-4-6-11(10)14(19)20-12/h3-6,8,12H,7H2,1-2H3/t12-/m1/s1. The van der Waals surface area contributed by atoms with E-state index in [9.17, 15) is 9.59 Å². The summed E-state index contributed by atoms with van der Waals surface area (Å²) in [5.41, 5.74) is 2.24. The molecule has 3 rings (SSSR count). The highest BCUT2D eigenvalue weighted by Crippen LogP contribution is 2.24. The van der Waals surface area contributed by atoms with Crippen LogP contribution in [0.2, 0.25) is 0 Å². The van der Waals surface area contributed by atoms with Gasteiger partial charge in [0.05, 0.1) is 11.3 Å². The van der Waals surface area contributed by atoms with E-state index in [0.717, 1.165) is 11.3 Å². The van der Waals surface area contributed by atoms with E-state index in [1.165, 1.54) is 16.2 Å². The summed E-state index contributed by atoms with van der Waals surface area (Å²) < 4.78 is 5.27. The number of aryl methyl sites for hydroxylation is 1. The number of likely N-dealkylation sites (N-methyl/N-ethyl adjacent to an activating group) is 1. The van der Waals surface area contributed by atoms with E-state index in [-0.39, 0.29) is 5.91 Å². The Bertz CT molecular complexity index is 710. The molecular formula is C15H14N2O3S. The number of hydrogen-bond acceptors (Lipinski definition) is 5. The number of nitrogens with zero attached hydrogens (tertiary/aromatic N) is 2. The van der Waals surface area contributed by atoms with Crippen LogP contribution in [0.15, 0.2) is 29.6 Å². The Morgan fingerprint density at radius 2 is 2.19 bits per heavy atom. The Kier molecular flexibility index (Phi) is 3.47. The minimum absolute atomic E-state index is 0.257. The van der Waals surface area contributed by atoms with Crippen LogP contribution in [0.1, 0.15) is 21.6 Å². The molecular weight excluding hydrogens is 288 g/mol. The van der Waals surface area contributed by atoms with Gasteiger partial charge in [0.25, 0.3) is 5.91 Å². The Morgan fingerprint density at radius 3 is 2.90 bits per heavy atom. The highest BCUT2D eigenvalue weighted by molar-refractivity contribution is 7.14. The third-order valence-corrected chi connectivity index (χ3v) is 4.43. The average Bonchev–Trinajstić information content (AvgIpc) is 2.92. The van der Waals surface area contributed by atoms with Crippen LogP contribution in [0.5, 0.6) is 0 Å². The number of benzene rings is 1. The number of anilines is 1. The molecule has 1 aromatic carbocycles. The zero-order valence-electron chi connectivity index (χ0n) is 11.7. The molecule has 1 aromatic heterocycles. The number of cyclic esters (lactones) is 1. The minimum Gasteiger partial charge on any atom is -0.448 e. The van der Waals surface area contributed by atoms with Crippen LogP contribution >= 0.6 is 11.3 Å². The molecule has 108 valence electrons. The van der Waals surface area contributed by atoms with Gasteiger partial charge in [-0.2, -0.15) is 0 Å². The van der Waals surface area contributed by atoms with E-state index in [2.05, 4.69) is 4.98 Å². The fourth-order valence-electron chi connectivity index (χ4n) is 2.28. The number of esters is 1. The van der Waals surface area contributed by atoms with Crippen molar-refractivity contribution in [3.05, 3.63) is 46.5 Å². The van der Waals surface area contributed by atoms with Gasteiger partial charge in [-0.15, -0.1) is 11.3 Å². The molecule has 1 amide bonds. The summed E-state index contributed by atoms with van der Waals surface area (Å²) in [6, 6.07) is 7.20. The number of hydrogen-bond donors (Lipinski definition) is 0. The maximum absolute atomic E-state index is 12.5. The van der Waals surface area contributed by atoms with Crippen molar-refractivity contribution in [1.29, 1.82) is 0 Å². The fourth-order valence-corrected chi connectivity index (χ4v) is 3.05. The van der Waals surface area contributed by atoms with E-state index in [1.54, 1.807) is 19.2 Å². The molecule has 5 nitrogen and oxygen atoms in total. The monoisotopic (exact) mass is 302 g/mol. The largest absolute Gasteiger partial charge is 0.448 e. The molecule has 1 atom stereocenters. The van der Waals surface area contributed by atoms with Crippen molar-refractivity contribution < 1.29 is 14.3 Å². The lowest BCUT2D eigenvalue weighted by molar-refractivity contribution is -0.127. The molecule has 0 bridgehead atoms. The summed E-state index contributed by atoms with van der Waals surface area (Å²) in [6.45, 7) is 1.87. The molecule has 2 aromatic rings. The second-order valence-electron chi connectivity index (χ2n) is 4.92. The van der Waals surface area contributed by atoms with Gasteiger partial charge < -0.3 is 4.74 Å². The van der Waals surface area contributed by atoms with Gasteiger partial charge in [0, 0.05) is 18.8 Å². The van der Waals surface area contributed by atoms with Crippen LogP contribution in [0.3, 0.4) is 0 Å². The number of aromatic nitrogens is 1. The van der Waals surface area contributed by atoms with E-state index < -0.39 is 12.1 Å². The topological polar surface area (TPSA) is 59.5 Å². The first kappa shape index (κ1) is 13.8. The molecule has 0 saturated carbocycles. The van der Waals surface area contributed by atoms with E-state index in [4.69, 9.17) is 4.74 Å². The Labute approximate surface area is 126 Å². The highest BCUT2D eigenvalue weighted by atomic mass is 32.1. The predicted octanol–water partition coefficient (Wildman–Crippen LogP) is 2.20. The summed E-state index contributed by atoms with van der Waals surface area (Å²) in [4.78, 5) is 30.2. The van der Waals surface area contributed by atoms with Crippen molar-refractivity contribution in [3.8, 4) is 0 Å². The van der Waals surface area contributed by atoms with Gasteiger partial charge in [-0.25, -0.2) is 9.78 Å². The van der Waals surface area contributed by atoms with Crippen molar-refractivity contribution >= 4 is 28.3 Å². The molecule has 0 saturated heterocycles. The quantitative estimate of drug-likeness (QED) is 0.798. The average molecular weight is 302 g/mol. The fraction of sp³-hybridized carbons (Fsp3) is 0.267. The van der Waals surface area contributed by atoms with Gasteiger partial charge in [-0.05, 0) is 18.6 Å². The summed E-state index contributed by atoms with van der Waals surface area (Å²) >= 11 is 1.39. The van der Waals surface area contributed by atoms with Gasteiger partial charge >= 0.3 is 5.97 Å². The number of carbonyl (C=O) groups excluding carboxylic acids is 2. The Balaban J connectivity index is 1.82. The molecule has 0 spiro atoms. The molecule has 0 unspecified atom stereocenters. The van der Waals surface area contributed by atoms with Crippen molar-refractivity contribution in [2.45, 2.75) is 19.4 Å². The summed E-state index contributed by atoms with van der Waals surface area (Å²) in [5.74, 6) is -0.703. The molecule has 6 heteroatoms. The summed E-state index contributed by atoms with van der Waals surface area (Å²) in [7, 11) is 1.65. The SMILES string of the molecule is Cc1csc(N(C)C(=O)[C@H]2Cc3ccccc3C(=O)O2)n1. The Hall–Kier alpha value is -2.21. The predicted molar refractivity (Wildman–Crippen MR) is 79.6 cm³/mol. The lowest BCUT2D eigenvalue weighted by Crippen LogP contribution is -2.42. The molecule has 0 radical (unpaired) electrons. The van der Waals surface area contributed by atoms with Crippen molar-refractivity contribution in [2.75, 3.05) is 11.9 Å². The van der Waals surface area contributed by atoms with Crippen LogP contribution < -0.4 is 4.90 Å². The molecule has 1 aliphatic rings. The maximum atomic E-state index is 12.5. The summed E-state index contributed by atoms with van der Waals surface area (Å²) in [5, 5.41) is 2.48. The summed E-state index contributed by atoms with van der Waals surface area (Å²) in [6.07, 6.45) is -0.392. The van der Waals surface area contributed by atoms with E-state index >= 15 is 0 Å².